The second-order valence-electron chi connectivity index (χ2n) is 4.90. The third-order valence-corrected chi connectivity index (χ3v) is 3.58. The zero-order valence-corrected chi connectivity index (χ0v) is 11.1. The Balaban J connectivity index is 2.22. The van der Waals surface area contributed by atoms with Gasteiger partial charge in [0.1, 0.15) is 0 Å². The summed E-state index contributed by atoms with van der Waals surface area (Å²) in [5, 5.41) is 9.26. The van der Waals surface area contributed by atoms with E-state index in [2.05, 4.69) is 4.90 Å². The SMILES string of the molecule is COC(=O)c1cc(N2CCCC(CO)C2)ccc1N. The number of carbonyl (C=O) groups is 1. The van der Waals surface area contributed by atoms with E-state index in [1.165, 1.54) is 7.11 Å². The van der Waals surface area contributed by atoms with Crippen LogP contribution in [0, 0.1) is 5.92 Å². The molecule has 1 fully saturated rings. The van der Waals surface area contributed by atoms with Crippen LogP contribution in [0.2, 0.25) is 0 Å². The molecule has 0 bridgehead atoms. The predicted molar refractivity (Wildman–Crippen MR) is 74.2 cm³/mol. The van der Waals surface area contributed by atoms with Crippen LogP contribution >= 0.6 is 0 Å². The molecule has 0 aromatic heterocycles. The average Bonchev–Trinajstić information content (AvgIpc) is 2.47. The molecule has 1 heterocycles. The Morgan fingerprint density at radius 1 is 1.58 bits per heavy atom. The van der Waals surface area contributed by atoms with E-state index in [-0.39, 0.29) is 6.61 Å². The number of ether oxygens (including phenoxy) is 1. The van der Waals surface area contributed by atoms with Gasteiger partial charge < -0.3 is 20.5 Å². The smallest absolute Gasteiger partial charge is 0.340 e. The highest BCUT2D eigenvalue weighted by Gasteiger charge is 2.21. The van der Waals surface area contributed by atoms with Crippen molar-refractivity contribution in [1.29, 1.82) is 0 Å². The molecular weight excluding hydrogens is 244 g/mol. The van der Waals surface area contributed by atoms with Crippen LogP contribution in [0.4, 0.5) is 11.4 Å². The van der Waals surface area contributed by atoms with Gasteiger partial charge in [0.25, 0.3) is 0 Å². The van der Waals surface area contributed by atoms with E-state index in [0.29, 0.717) is 17.2 Å². The van der Waals surface area contributed by atoms with Gasteiger partial charge >= 0.3 is 5.97 Å². The molecule has 2 rings (SSSR count). The van der Waals surface area contributed by atoms with Gasteiger partial charge in [-0.3, -0.25) is 0 Å². The Bertz CT molecular complexity index is 462. The van der Waals surface area contributed by atoms with Crippen LogP contribution in [0.15, 0.2) is 18.2 Å². The molecule has 1 saturated heterocycles. The topological polar surface area (TPSA) is 75.8 Å². The number of nitrogens with zero attached hydrogens (tertiary/aromatic N) is 1. The highest BCUT2D eigenvalue weighted by atomic mass is 16.5. The summed E-state index contributed by atoms with van der Waals surface area (Å²) in [4.78, 5) is 13.8. The Labute approximate surface area is 113 Å². The molecule has 1 aromatic carbocycles. The maximum atomic E-state index is 11.6. The first-order valence-corrected chi connectivity index (χ1v) is 6.49. The minimum atomic E-state index is -0.421. The summed E-state index contributed by atoms with van der Waals surface area (Å²) in [6, 6.07) is 5.40. The van der Waals surface area contributed by atoms with Crippen molar-refractivity contribution in [3.05, 3.63) is 23.8 Å². The lowest BCUT2D eigenvalue weighted by atomic mass is 9.98. The van der Waals surface area contributed by atoms with Crippen LogP contribution in [0.1, 0.15) is 23.2 Å². The van der Waals surface area contributed by atoms with Gasteiger partial charge in [0.15, 0.2) is 0 Å². The lowest BCUT2D eigenvalue weighted by molar-refractivity contribution is 0.0602. The normalized spacial score (nSPS) is 19.3. The Kier molecular flexibility index (Phi) is 4.27. The summed E-state index contributed by atoms with van der Waals surface area (Å²) in [6.07, 6.45) is 2.09. The lowest BCUT2D eigenvalue weighted by Gasteiger charge is -2.33. The summed E-state index contributed by atoms with van der Waals surface area (Å²) in [7, 11) is 1.34. The van der Waals surface area contributed by atoms with Gasteiger partial charge in [-0.05, 0) is 37.0 Å². The highest BCUT2D eigenvalue weighted by Crippen LogP contribution is 2.26. The standard InChI is InChI=1S/C14H20N2O3/c1-19-14(18)12-7-11(4-5-13(12)15)16-6-2-3-10(8-16)9-17/h4-5,7,10,17H,2-3,6,8-9,15H2,1H3. The molecule has 5 heteroatoms. The van der Waals surface area contributed by atoms with E-state index in [0.717, 1.165) is 31.6 Å². The van der Waals surface area contributed by atoms with E-state index in [1.807, 2.05) is 6.07 Å². The largest absolute Gasteiger partial charge is 0.465 e. The number of methoxy groups -OCH3 is 1. The Morgan fingerprint density at radius 2 is 2.37 bits per heavy atom. The van der Waals surface area contributed by atoms with Crippen LogP contribution in [0.5, 0.6) is 0 Å². The van der Waals surface area contributed by atoms with E-state index >= 15 is 0 Å². The Hall–Kier alpha value is -1.75. The highest BCUT2D eigenvalue weighted by molar-refractivity contribution is 5.96. The van der Waals surface area contributed by atoms with Crippen molar-refractivity contribution < 1.29 is 14.6 Å². The first-order valence-electron chi connectivity index (χ1n) is 6.49. The van der Waals surface area contributed by atoms with E-state index in [4.69, 9.17) is 10.5 Å². The second kappa shape index (κ2) is 5.93. The molecule has 0 spiro atoms. The molecule has 19 heavy (non-hydrogen) atoms. The van der Waals surface area contributed by atoms with Gasteiger partial charge in [-0.1, -0.05) is 0 Å². The van der Waals surface area contributed by atoms with E-state index in [1.54, 1.807) is 12.1 Å². The number of aliphatic hydroxyl groups excluding tert-OH is 1. The summed E-state index contributed by atoms with van der Waals surface area (Å²) in [5.74, 6) is -0.122. The molecular formula is C14H20N2O3. The number of carbonyl (C=O) groups excluding carboxylic acids is 1. The number of nitrogen functional groups attached to an aromatic ring is 1. The van der Waals surface area contributed by atoms with Crippen LogP contribution in [0.3, 0.4) is 0 Å². The number of hydrogen-bond donors (Lipinski definition) is 2. The maximum absolute atomic E-state index is 11.6. The van der Waals surface area contributed by atoms with E-state index in [9.17, 15) is 9.90 Å². The maximum Gasteiger partial charge on any atom is 0.340 e. The molecule has 1 aliphatic heterocycles. The number of nitrogens with two attached hydrogens (primary N) is 1. The Morgan fingerprint density at radius 3 is 3.05 bits per heavy atom. The van der Waals surface area contributed by atoms with Crippen LogP contribution in [-0.4, -0.2) is 37.9 Å². The zero-order chi connectivity index (χ0) is 13.8. The number of anilines is 2. The molecule has 0 amide bonds. The van der Waals surface area contributed by atoms with Crippen LogP contribution in [0.25, 0.3) is 0 Å². The van der Waals surface area contributed by atoms with Crippen molar-refractivity contribution in [2.75, 3.05) is 37.4 Å². The molecule has 5 nitrogen and oxygen atoms in total. The quantitative estimate of drug-likeness (QED) is 0.635. The lowest BCUT2D eigenvalue weighted by Crippen LogP contribution is -2.36. The molecule has 1 atom stereocenters. The van der Waals surface area contributed by atoms with Gasteiger partial charge in [-0.25, -0.2) is 4.79 Å². The molecule has 3 N–H and O–H groups in total. The van der Waals surface area contributed by atoms with Crippen molar-refractivity contribution in [3.63, 3.8) is 0 Å². The van der Waals surface area contributed by atoms with Gasteiger partial charge in [0, 0.05) is 31.1 Å². The summed E-state index contributed by atoms with van der Waals surface area (Å²) in [6.45, 7) is 1.94. The monoisotopic (exact) mass is 264 g/mol. The van der Waals surface area contributed by atoms with Crippen molar-refractivity contribution in [3.8, 4) is 0 Å². The number of hydrogen-bond acceptors (Lipinski definition) is 5. The fourth-order valence-corrected chi connectivity index (χ4v) is 2.48. The summed E-state index contributed by atoms with van der Waals surface area (Å²) < 4.78 is 4.72. The fourth-order valence-electron chi connectivity index (χ4n) is 2.48. The first-order chi connectivity index (χ1) is 9.15. The van der Waals surface area contributed by atoms with Gasteiger partial charge in [0.2, 0.25) is 0 Å². The third kappa shape index (κ3) is 2.98. The number of esters is 1. The minimum Gasteiger partial charge on any atom is -0.465 e. The fraction of sp³-hybridized carbons (Fsp3) is 0.500. The zero-order valence-electron chi connectivity index (χ0n) is 11.1. The third-order valence-electron chi connectivity index (χ3n) is 3.58. The van der Waals surface area contributed by atoms with Gasteiger partial charge in [0.05, 0.1) is 12.7 Å². The predicted octanol–water partition coefficient (Wildman–Crippen LogP) is 1.26. The second-order valence-corrected chi connectivity index (χ2v) is 4.90. The molecule has 0 aliphatic carbocycles. The van der Waals surface area contributed by atoms with Crippen molar-refractivity contribution in [2.24, 2.45) is 5.92 Å². The number of rotatable bonds is 3. The minimum absolute atomic E-state index is 0.204. The molecule has 104 valence electrons. The van der Waals surface area contributed by atoms with Gasteiger partial charge in [-0.15, -0.1) is 0 Å². The van der Waals surface area contributed by atoms with Gasteiger partial charge in [-0.2, -0.15) is 0 Å². The van der Waals surface area contributed by atoms with Crippen molar-refractivity contribution in [2.45, 2.75) is 12.8 Å². The number of piperidine rings is 1. The van der Waals surface area contributed by atoms with Crippen molar-refractivity contribution in [1.82, 2.24) is 0 Å². The van der Waals surface area contributed by atoms with Crippen molar-refractivity contribution >= 4 is 17.3 Å². The molecule has 0 saturated carbocycles. The van der Waals surface area contributed by atoms with Crippen LogP contribution in [-0.2, 0) is 4.74 Å². The molecule has 0 radical (unpaired) electrons. The summed E-state index contributed by atoms with van der Waals surface area (Å²) in [5.41, 5.74) is 7.56. The molecule has 1 aliphatic rings. The van der Waals surface area contributed by atoms with E-state index < -0.39 is 5.97 Å². The molecule has 1 aromatic rings. The first kappa shape index (κ1) is 13.7. The number of benzene rings is 1. The summed E-state index contributed by atoms with van der Waals surface area (Å²) >= 11 is 0. The average molecular weight is 264 g/mol. The molecule has 1 unspecified atom stereocenters. The van der Waals surface area contributed by atoms with Crippen LogP contribution < -0.4 is 10.6 Å². The number of aliphatic hydroxyl groups is 1.